The molecule has 7 nitrogen and oxygen atoms in total. The van der Waals surface area contributed by atoms with Crippen LogP contribution < -0.4 is 0 Å². The van der Waals surface area contributed by atoms with Gasteiger partial charge in [-0.2, -0.15) is 5.26 Å². The van der Waals surface area contributed by atoms with E-state index in [-0.39, 0.29) is 17.9 Å². The normalized spacial score (nSPS) is 10.3. The van der Waals surface area contributed by atoms with E-state index in [1.54, 1.807) is 22.9 Å². The van der Waals surface area contributed by atoms with Crippen molar-refractivity contribution in [3.63, 3.8) is 0 Å². The molecular formula is C17H11N3O4. The van der Waals surface area contributed by atoms with Gasteiger partial charge in [-0.3, -0.25) is 10.1 Å². The van der Waals surface area contributed by atoms with Gasteiger partial charge in [0, 0.05) is 30.1 Å². The summed E-state index contributed by atoms with van der Waals surface area (Å²) >= 11 is 0. The van der Waals surface area contributed by atoms with E-state index in [2.05, 4.69) is 6.07 Å². The summed E-state index contributed by atoms with van der Waals surface area (Å²) in [6.45, 7) is -0.0912. The molecule has 0 aliphatic rings. The standard InChI is InChI=1S/C17H11N3O4/c18-9-15-13(10-19-7-2-1-6-16(15)19)11-24-17(21)12-4-3-5-14(8-12)20(22)23/h1-8,10H,11H2. The molecule has 3 rings (SSSR count). The Labute approximate surface area is 136 Å². The van der Waals surface area contributed by atoms with E-state index in [9.17, 15) is 20.2 Å². The van der Waals surface area contributed by atoms with Crippen LogP contribution in [0.1, 0.15) is 21.5 Å². The predicted molar refractivity (Wildman–Crippen MR) is 84.3 cm³/mol. The van der Waals surface area contributed by atoms with Crippen LogP contribution in [0, 0.1) is 21.4 Å². The van der Waals surface area contributed by atoms with Gasteiger partial charge in [-0.05, 0) is 18.2 Å². The molecule has 0 saturated carbocycles. The molecule has 118 valence electrons. The largest absolute Gasteiger partial charge is 0.457 e. The quantitative estimate of drug-likeness (QED) is 0.418. The van der Waals surface area contributed by atoms with Gasteiger partial charge in [-0.15, -0.1) is 0 Å². The highest BCUT2D eigenvalue weighted by Crippen LogP contribution is 2.20. The lowest BCUT2D eigenvalue weighted by Crippen LogP contribution is -2.06. The van der Waals surface area contributed by atoms with Crippen molar-refractivity contribution in [3.8, 4) is 6.07 Å². The maximum absolute atomic E-state index is 12.1. The van der Waals surface area contributed by atoms with Crippen molar-refractivity contribution in [1.82, 2.24) is 4.40 Å². The lowest BCUT2D eigenvalue weighted by atomic mass is 10.2. The molecule has 0 spiro atoms. The average molecular weight is 321 g/mol. The Morgan fingerprint density at radius 3 is 2.88 bits per heavy atom. The maximum Gasteiger partial charge on any atom is 0.338 e. The Balaban J connectivity index is 1.81. The number of fused-ring (bicyclic) bond motifs is 1. The van der Waals surface area contributed by atoms with Crippen molar-refractivity contribution in [2.75, 3.05) is 0 Å². The lowest BCUT2D eigenvalue weighted by molar-refractivity contribution is -0.384. The third-order valence-electron chi connectivity index (χ3n) is 3.53. The summed E-state index contributed by atoms with van der Waals surface area (Å²) in [6.07, 6.45) is 3.51. The van der Waals surface area contributed by atoms with E-state index in [1.165, 1.54) is 18.2 Å². The molecule has 0 fully saturated rings. The number of benzene rings is 1. The first-order valence-electron chi connectivity index (χ1n) is 7.00. The summed E-state index contributed by atoms with van der Waals surface area (Å²) in [6, 6.07) is 12.9. The molecule has 0 saturated heterocycles. The number of hydrogen-bond donors (Lipinski definition) is 0. The van der Waals surface area contributed by atoms with Gasteiger partial charge >= 0.3 is 5.97 Å². The topological polar surface area (TPSA) is 97.6 Å². The number of non-ortho nitro benzene ring substituents is 1. The fraction of sp³-hybridized carbons (Fsp3) is 0.0588. The van der Waals surface area contributed by atoms with Gasteiger partial charge in [0.15, 0.2) is 0 Å². The molecule has 1 aromatic carbocycles. The summed E-state index contributed by atoms with van der Waals surface area (Å²) in [7, 11) is 0. The van der Waals surface area contributed by atoms with Gasteiger partial charge in [0.1, 0.15) is 12.7 Å². The second kappa shape index (κ2) is 6.22. The second-order valence-corrected chi connectivity index (χ2v) is 5.02. The van der Waals surface area contributed by atoms with E-state index in [0.717, 1.165) is 11.6 Å². The highest BCUT2D eigenvalue weighted by Gasteiger charge is 2.15. The van der Waals surface area contributed by atoms with Gasteiger partial charge in [-0.1, -0.05) is 12.1 Å². The molecule has 0 aliphatic carbocycles. The van der Waals surface area contributed by atoms with Crippen molar-refractivity contribution < 1.29 is 14.5 Å². The lowest BCUT2D eigenvalue weighted by Gasteiger charge is -2.04. The number of carbonyl (C=O) groups excluding carboxylic acids is 1. The van der Waals surface area contributed by atoms with Crippen molar-refractivity contribution >= 4 is 17.2 Å². The highest BCUT2D eigenvalue weighted by molar-refractivity contribution is 5.90. The van der Waals surface area contributed by atoms with E-state index in [0.29, 0.717) is 11.1 Å². The molecule has 0 atom stereocenters. The van der Waals surface area contributed by atoms with Crippen molar-refractivity contribution in [2.45, 2.75) is 6.61 Å². The van der Waals surface area contributed by atoms with Crippen LogP contribution in [-0.2, 0) is 11.3 Å². The molecule has 0 radical (unpaired) electrons. The van der Waals surface area contributed by atoms with Crippen molar-refractivity contribution in [3.05, 3.63) is 81.7 Å². The van der Waals surface area contributed by atoms with Crippen molar-refractivity contribution in [2.24, 2.45) is 0 Å². The zero-order valence-corrected chi connectivity index (χ0v) is 12.4. The number of hydrogen-bond acceptors (Lipinski definition) is 5. The SMILES string of the molecule is N#Cc1c(COC(=O)c2cccc([N+](=O)[O-])c2)cn2ccccc12. The van der Waals surface area contributed by atoms with E-state index in [1.807, 2.05) is 12.1 Å². The van der Waals surface area contributed by atoms with Crippen LogP contribution in [0.2, 0.25) is 0 Å². The highest BCUT2D eigenvalue weighted by atomic mass is 16.6. The minimum absolute atomic E-state index is 0.0893. The first kappa shape index (κ1) is 15.2. The molecule has 0 N–H and O–H groups in total. The Bertz CT molecular complexity index is 985. The van der Waals surface area contributed by atoms with Gasteiger partial charge in [0.05, 0.1) is 21.6 Å². The molecule has 2 heterocycles. The van der Waals surface area contributed by atoms with Gasteiger partial charge < -0.3 is 9.14 Å². The number of pyridine rings is 1. The molecule has 0 unspecified atom stereocenters. The molecule has 0 amide bonds. The average Bonchev–Trinajstić information content (AvgIpc) is 2.97. The molecule has 0 bridgehead atoms. The predicted octanol–water partition coefficient (Wildman–Crippen LogP) is 3.08. The fourth-order valence-electron chi connectivity index (χ4n) is 2.39. The van der Waals surface area contributed by atoms with Crippen LogP contribution in [-0.4, -0.2) is 15.3 Å². The summed E-state index contributed by atoms with van der Waals surface area (Å²) in [4.78, 5) is 22.2. The van der Waals surface area contributed by atoms with Gasteiger partial charge in [0.2, 0.25) is 0 Å². The second-order valence-electron chi connectivity index (χ2n) is 5.02. The number of esters is 1. The third kappa shape index (κ3) is 2.80. The van der Waals surface area contributed by atoms with E-state index < -0.39 is 10.9 Å². The maximum atomic E-state index is 12.1. The van der Waals surface area contributed by atoms with Gasteiger partial charge in [0.25, 0.3) is 5.69 Å². The number of aromatic nitrogens is 1. The number of nitrogens with zero attached hydrogens (tertiary/aromatic N) is 3. The first-order chi connectivity index (χ1) is 11.6. The van der Waals surface area contributed by atoms with Crippen LogP contribution in [0.5, 0.6) is 0 Å². The molecule has 0 aliphatic heterocycles. The van der Waals surface area contributed by atoms with Crippen LogP contribution in [0.3, 0.4) is 0 Å². The summed E-state index contributed by atoms with van der Waals surface area (Å²) < 4.78 is 6.97. The Kier molecular flexibility index (Phi) is 3.95. The number of nitro benzene ring substituents is 1. The molecule has 3 aromatic rings. The van der Waals surface area contributed by atoms with E-state index >= 15 is 0 Å². The Morgan fingerprint density at radius 1 is 1.29 bits per heavy atom. The number of nitro groups is 1. The number of carbonyl (C=O) groups is 1. The van der Waals surface area contributed by atoms with Crippen LogP contribution >= 0.6 is 0 Å². The van der Waals surface area contributed by atoms with Crippen LogP contribution in [0.25, 0.3) is 5.52 Å². The Hall–Kier alpha value is -3.66. The number of rotatable bonds is 4. The van der Waals surface area contributed by atoms with Crippen LogP contribution in [0.4, 0.5) is 5.69 Å². The first-order valence-corrected chi connectivity index (χ1v) is 7.00. The zero-order valence-electron chi connectivity index (χ0n) is 12.4. The summed E-state index contributed by atoms with van der Waals surface area (Å²) in [5.74, 6) is -0.683. The fourth-order valence-corrected chi connectivity index (χ4v) is 2.39. The van der Waals surface area contributed by atoms with Crippen LogP contribution in [0.15, 0.2) is 54.9 Å². The van der Waals surface area contributed by atoms with Gasteiger partial charge in [-0.25, -0.2) is 4.79 Å². The van der Waals surface area contributed by atoms with Crippen molar-refractivity contribution in [1.29, 1.82) is 5.26 Å². The smallest absolute Gasteiger partial charge is 0.338 e. The summed E-state index contributed by atoms with van der Waals surface area (Å²) in [5.41, 5.74) is 1.63. The zero-order chi connectivity index (χ0) is 17.1. The molecule has 2 aromatic heterocycles. The third-order valence-corrected chi connectivity index (χ3v) is 3.53. The van der Waals surface area contributed by atoms with E-state index in [4.69, 9.17) is 4.74 Å². The minimum Gasteiger partial charge on any atom is -0.457 e. The molecule has 24 heavy (non-hydrogen) atoms. The number of ether oxygens (including phenoxy) is 1. The number of nitriles is 1. The molecule has 7 heteroatoms. The Morgan fingerprint density at radius 2 is 2.12 bits per heavy atom. The summed E-state index contributed by atoms with van der Waals surface area (Å²) in [5, 5.41) is 20.1. The molecular weight excluding hydrogens is 310 g/mol. The monoisotopic (exact) mass is 321 g/mol. The minimum atomic E-state index is -0.683.